The minimum atomic E-state index is -1.51. The van der Waals surface area contributed by atoms with Crippen molar-refractivity contribution in [2.24, 2.45) is 23.2 Å². The number of aliphatic hydroxyl groups excluding tert-OH is 2. The summed E-state index contributed by atoms with van der Waals surface area (Å²) in [4.78, 5) is 32.9. The average molecular weight is 466 g/mol. The monoisotopic (exact) mass is 465 g/mol. The van der Waals surface area contributed by atoms with Gasteiger partial charge in [-0.15, -0.1) is 0 Å². The summed E-state index contributed by atoms with van der Waals surface area (Å²) in [5.41, 5.74) is 1.01. The van der Waals surface area contributed by atoms with E-state index in [1.54, 1.807) is 0 Å². The molecule has 0 aromatic rings. The first-order chi connectivity index (χ1) is 15.5. The van der Waals surface area contributed by atoms with Crippen LogP contribution in [0.15, 0.2) is 22.8 Å². The van der Waals surface area contributed by atoms with E-state index in [4.69, 9.17) is 9.62 Å². The second-order valence-electron chi connectivity index (χ2n) is 10.5. The van der Waals surface area contributed by atoms with Crippen molar-refractivity contribution >= 4 is 11.7 Å². The molecule has 1 fully saturated rings. The standard InChI is InChI=1S/C25H39NO7/c1-12(2)9-17-21-14(4)15(5)23(33-31)16-10-13(3)7-8-18(27)22(29)19(32-6)11-20(28)25(16,21)24(30)26-17/h10,12,16-19,21-23,27,29,31H,7-9,11H2,1-6H3,(H,26,30). The Hall–Kier alpha value is -1.58. The van der Waals surface area contributed by atoms with Gasteiger partial charge in [0.2, 0.25) is 5.91 Å². The van der Waals surface area contributed by atoms with Crippen molar-refractivity contribution in [3.63, 3.8) is 0 Å². The fraction of sp³-hybridized carbons (Fsp3) is 0.760. The molecule has 186 valence electrons. The minimum Gasteiger partial charge on any atom is -0.390 e. The third kappa shape index (κ3) is 4.32. The molecule has 3 rings (SSSR count). The van der Waals surface area contributed by atoms with Gasteiger partial charge >= 0.3 is 0 Å². The number of Topliss-reactive ketones (excluding diaryl/α,β-unsaturated/α-hetero) is 1. The highest BCUT2D eigenvalue weighted by Gasteiger charge is 2.67. The number of nitrogens with one attached hydrogen (secondary N) is 1. The fourth-order valence-electron chi connectivity index (χ4n) is 6.24. The van der Waals surface area contributed by atoms with Crippen LogP contribution in [0, 0.1) is 23.2 Å². The van der Waals surface area contributed by atoms with Crippen molar-refractivity contribution < 1.29 is 34.7 Å². The number of carbonyl (C=O) groups is 2. The van der Waals surface area contributed by atoms with E-state index >= 15 is 0 Å². The Morgan fingerprint density at radius 2 is 1.85 bits per heavy atom. The molecule has 0 aromatic heterocycles. The molecular formula is C25H39NO7. The summed E-state index contributed by atoms with van der Waals surface area (Å²) in [6.45, 7) is 9.79. The Morgan fingerprint density at radius 3 is 2.42 bits per heavy atom. The number of rotatable bonds is 4. The van der Waals surface area contributed by atoms with E-state index in [0.717, 1.165) is 16.7 Å². The van der Waals surface area contributed by atoms with Gasteiger partial charge in [-0.2, -0.15) is 0 Å². The first kappa shape index (κ1) is 26.0. The van der Waals surface area contributed by atoms with Gasteiger partial charge in [-0.1, -0.05) is 31.1 Å². The molecular weight excluding hydrogens is 426 g/mol. The maximum Gasteiger partial charge on any atom is 0.235 e. The van der Waals surface area contributed by atoms with Crippen molar-refractivity contribution in [3.8, 4) is 0 Å². The van der Waals surface area contributed by atoms with Gasteiger partial charge in [-0.3, -0.25) is 14.8 Å². The molecule has 1 spiro atoms. The summed E-state index contributed by atoms with van der Waals surface area (Å²) < 4.78 is 5.42. The van der Waals surface area contributed by atoms with Crippen LogP contribution in [0.2, 0.25) is 0 Å². The molecule has 33 heavy (non-hydrogen) atoms. The zero-order valence-electron chi connectivity index (χ0n) is 20.5. The van der Waals surface area contributed by atoms with Crippen molar-refractivity contribution in [1.82, 2.24) is 5.32 Å². The van der Waals surface area contributed by atoms with Crippen LogP contribution in [0.3, 0.4) is 0 Å². The molecule has 1 heterocycles. The highest BCUT2D eigenvalue weighted by molar-refractivity contribution is 6.10. The van der Waals surface area contributed by atoms with Crippen LogP contribution >= 0.6 is 0 Å². The first-order valence-electron chi connectivity index (χ1n) is 11.9. The van der Waals surface area contributed by atoms with Gasteiger partial charge in [0, 0.05) is 31.4 Å². The predicted octanol–water partition coefficient (Wildman–Crippen LogP) is 2.39. The Labute approximate surface area is 196 Å². The number of ketones is 1. The average Bonchev–Trinajstić information content (AvgIpc) is 3.04. The molecule has 8 heteroatoms. The predicted molar refractivity (Wildman–Crippen MR) is 122 cm³/mol. The van der Waals surface area contributed by atoms with Crippen molar-refractivity contribution in [2.75, 3.05) is 7.11 Å². The van der Waals surface area contributed by atoms with Crippen LogP contribution in [0.1, 0.15) is 60.3 Å². The number of methoxy groups -OCH3 is 1. The summed E-state index contributed by atoms with van der Waals surface area (Å²) in [5, 5.41) is 34.2. The lowest BCUT2D eigenvalue weighted by molar-refractivity contribution is -0.284. The van der Waals surface area contributed by atoms with Gasteiger partial charge in [-0.25, -0.2) is 4.89 Å². The summed E-state index contributed by atoms with van der Waals surface area (Å²) in [5.74, 6) is -1.61. The molecule has 4 N–H and O–H groups in total. The number of hydrogen-bond acceptors (Lipinski definition) is 7. The topological polar surface area (TPSA) is 125 Å². The first-order valence-corrected chi connectivity index (χ1v) is 11.9. The fourth-order valence-corrected chi connectivity index (χ4v) is 6.24. The van der Waals surface area contributed by atoms with Crippen molar-refractivity contribution in [3.05, 3.63) is 22.8 Å². The maximum atomic E-state index is 14.1. The van der Waals surface area contributed by atoms with E-state index in [0.29, 0.717) is 18.8 Å². The lowest BCUT2D eigenvalue weighted by atomic mass is 9.54. The summed E-state index contributed by atoms with van der Waals surface area (Å²) in [6.07, 6.45) is -1.10. The van der Waals surface area contributed by atoms with Crippen LogP contribution in [-0.4, -0.2) is 64.7 Å². The summed E-state index contributed by atoms with van der Waals surface area (Å²) in [6, 6.07) is -0.242. The van der Waals surface area contributed by atoms with E-state index in [9.17, 15) is 25.1 Å². The highest BCUT2D eigenvalue weighted by atomic mass is 17.1. The van der Waals surface area contributed by atoms with Crippen molar-refractivity contribution in [2.45, 2.75) is 90.8 Å². The number of carbonyl (C=O) groups excluding carboxylic acids is 2. The van der Waals surface area contributed by atoms with Gasteiger partial charge < -0.3 is 20.3 Å². The molecule has 8 atom stereocenters. The zero-order valence-corrected chi connectivity index (χ0v) is 20.5. The number of amides is 1. The third-order valence-electron chi connectivity index (χ3n) is 8.02. The summed E-state index contributed by atoms with van der Waals surface area (Å²) >= 11 is 0. The van der Waals surface area contributed by atoms with Crippen LogP contribution in [-0.2, 0) is 19.2 Å². The quantitative estimate of drug-likeness (QED) is 0.217. The second-order valence-corrected chi connectivity index (χ2v) is 10.5. The lowest BCUT2D eigenvalue weighted by Gasteiger charge is -2.47. The lowest BCUT2D eigenvalue weighted by Crippen LogP contribution is -2.57. The normalized spacial score (nSPS) is 40.2. The minimum absolute atomic E-state index is 0.235. The molecule has 1 amide bonds. The Morgan fingerprint density at radius 1 is 1.18 bits per heavy atom. The third-order valence-corrected chi connectivity index (χ3v) is 8.02. The molecule has 1 saturated heterocycles. The van der Waals surface area contributed by atoms with Gasteiger partial charge in [0.15, 0.2) is 5.78 Å². The Balaban J connectivity index is 2.27. The molecule has 0 bridgehead atoms. The molecule has 1 aliphatic heterocycles. The number of ether oxygens (including phenoxy) is 1. The largest absolute Gasteiger partial charge is 0.390 e. The summed E-state index contributed by atoms with van der Waals surface area (Å²) in [7, 11) is 1.38. The number of aliphatic hydroxyl groups is 2. The molecule has 2 aliphatic carbocycles. The molecule has 0 aromatic carbocycles. The highest BCUT2D eigenvalue weighted by Crippen LogP contribution is 2.56. The number of allylic oxidation sites excluding steroid dienone is 1. The van der Waals surface area contributed by atoms with Gasteiger partial charge in [0.25, 0.3) is 0 Å². The van der Waals surface area contributed by atoms with Gasteiger partial charge in [0.1, 0.15) is 17.6 Å². The molecule has 0 radical (unpaired) electrons. The van der Waals surface area contributed by atoms with Crippen LogP contribution in [0.4, 0.5) is 0 Å². The van der Waals surface area contributed by atoms with E-state index in [1.165, 1.54) is 7.11 Å². The van der Waals surface area contributed by atoms with Gasteiger partial charge in [0.05, 0.1) is 12.2 Å². The van der Waals surface area contributed by atoms with Crippen LogP contribution < -0.4 is 5.32 Å². The van der Waals surface area contributed by atoms with Crippen LogP contribution in [0.5, 0.6) is 0 Å². The molecule has 8 unspecified atom stereocenters. The van der Waals surface area contributed by atoms with E-state index in [2.05, 4.69) is 19.2 Å². The molecule has 3 aliphatic rings. The van der Waals surface area contributed by atoms with Crippen molar-refractivity contribution in [1.29, 1.82) is 0 Å². The smallest absolute Gasteiger partial charge is 0.235 e. The zero-order chi connectivity index (χ0) is 24.7. The Bertz CT molecular complexity index is 835. The van der Waals surface area contributed by atoms with Crippen LogP contribution in [0.25, 0.3) is 0 Å². The SMILES string of the molecule is COC1CC(=O)C23C(=O)NC(CC(C)C)C2C(C)=C(C)C(OO)C3C=C(C)CCC(O)C1O. The van der Waals surface area contributed by atoms with E-state index < -0.39 is 41.7 Å². The molecule has 0 saturated carbocycles. The number of hydrogen-bond donors (Lipinski definition) is 4. The van der Waals surface area contributed by atoms with E-state index in [1.807, 2.05) is 26.8 Å². The second kappa shape index (κ2) is 9.96. The Kier molecular flexibility index (Phi) is 7.86. The van der Waals surface area contributed by atoms with Gasteiger partial charge in [-0.05, 0) is 51.5 Å². The maximum absolute atomic E-state index is 14.1. The molecule has 8 nitrogen and oxygen atoms in total. The van der Waals surface area contributed by atoms with E-state index in [-0.39, 0.29) is 30.6 Å².